The summed E-state index contributed by atoms with van der Waals surface area (Å²) in [6, 6.07) is 20.2. The monoisotopic (exact) mass is 499 g/mol. The summed E-state index contributed by atoms with van der Waals surface area (Å²) in [6.45, 7) is 2.08. The quantitative estimate of drug-likeness (QED) is 0.272. The summed E-state index contributed by atoms with van der Waals surface area (Å²) in [6.07, 6.45) is 1.77. The SMILES string of the molecule is Cc1ccc(/C(C#N)=C/c2cc(Br)cc(Br)c2OCc2ccccc2F)cc1. The van der Waals surface area contributed by atoms with Crippen LogP contribution >= 0.6 is 31.9 Å². The van der Waals surface area contributed by atoms with E-state index in [1.54, 1.807) is 24.3 Å². The Morgan fingerprint density at radius 3 is 2.50 bits per heavy atom. The minimum Gasteiger partial charge on any atom is -0.487 e. The molecule has 0 unspecified atom stereocenters. The second-order valence-electron chi connectivity index (χ2n) is 6.22. The predicted molar refractivity (Wildman–Crippen MR) is 117 cm³/mol. The lowest BCUT2D eigenvalue weighted by Crippen LogP contribution is -2.00. The highest BCUT2D eigenvalue weighted by Crippen LogP contribution is 2.36. The van der Waals surface area contributed by atoms with E-state index in [0.29, 0.717) is 21.4 Å². The summed E-state index contributed by atoms with van der Waals surface area (Å²) < 4.78 is 21.4. The van der Waals surface area contributed by atoms with E-state index in [4.69, 9.17) is 4.74 Å². The van der Waals surface area contributed by atoms with Crippen molar-refractivity contribution in [2.75, 3.05) is 0 Å². The third-order valence-corrected chi connectivity index (χ3v) is 5.20. The van der Waals surface area contributed by atoms with Crippen LogP contribution in [0, 0.1) is 24.1 Å². The van der Waals surface area contributed by atoms with E-state index < -0.39 is 0 Å². The lowest BCUT2D eigenvalue weighted by Gasteiger charge is -2.13. The van der Waals surface area contributed by atoms with Crippen molar-refractivity contribution in [1.29, 1.82) is 5.26 Å². The van der Waals surface area contributed by atoms with Crippen LogP contribution in [0.25, 0.3) is 11.6 Å². The summed E-state index contributed by atoms with van der Waals surface area (Å²) in [5.74, 6) is 0.233. The third-order valence-electron chi connectivity index (χ3n) is 4.15. The van der Waals surface area contributed by atoms with Gasteiger partial charge in [-0.2, -0.15) is 5.26 Å². The van der Waals surface area contributed by atoms with E-state index >= 15 is 0 Å². The van der Waals surface area contributed by atoms with Crippen molar-refractivity contribution >= 4 is 43.5 Å². The summed E-state index contributed by atoms with van der Waals surface area (Å²) in [5.41, 5.74) is 3.64. The Labute approximate surface area is 180 Å². The zero-order valence-corrected chi connectivity index (χ0v) is 18.2. The molecule has 0 atom stereocenters. The number of ether oxygens (including phenoxy) is 1. The Morgan fingerprint density at radius 2 is 1.82 bits per heavy atom. The number of nitrogens with zero attached hydrogens (tertiary/aromatic N) is 1. The minimum atomic E-state index is -0.315. The number of benzene rings is 3. The van der Waals surface area contributed by atoms with E-state index in [1.165, 1.54) is 6.07 Å². The van der Waals surface area contributed by atoms with Crippen LogP contribution < -0.4 is 4.74 Å². The first-order valence-electron chi connectivity index (χ1n) is 8.52. The molecule has 0 N–H and O–H groups in total. The average Bonchev–Trinajstić information content (AvgIpc) is 2.67. The molecule has 0 bridgehead atoms. The molecule has 3 aromatic rings. The lowest BCUT2D eigenvalue weighted by atomic mass is 10.0. The Hall–Kier alpha value is -2.42. The summed E-state index contributed by atoms with van der Waals surface area (Å²) >= 11 is 6.98. The van der Waals surface area contributed by atoms with Gasteiger partial charge in [0.1, 0.15) is 18.2 Å². The van der Waals surface area contributed by atoms with Crippen LogP contribution in [-0.2, 0) is 6.61 Å². The second kappa shape index (κ2) is 9.18. The highest BCUT2D eigenvalue weighted by Gasteiger charge is 2.12. The number of nitriles is 1. The molecule has 0 aromatic heterocycles. The van der Waals surface area contributed by atoms with E-state index in [2.05, 4.69) is 37.9 Å². The number of hydrogen-bond acceptors (Lipinski definition) is 2. The molecule has 0 aliphatic carbocycles. The Bertz CT molecular complexity index is 1070. The van der Waals surface area contributed by atoms with Gasteiger partial charge in [-0.05, 0) is 52.7 Å². The first-order chi connectivity index (χ1) is 13.5. The fourth-order valence-electron chi connectivity index (χ4n) is 2.67. The molecule has 0 saturated carbocycles. The average molecular weight is 501 g/mol. The maximum Gasteiger partial charge on any atom is 0.141 e. The van der Waals surface area contributed by atoms with Gasteiger partial charge < -0.3 is 4.74 Å². The molecule has 140 valence electrons. The molecule has 0 fully saturated rings. The molecule has 28 heavy (non-hydrogen) atoms. The molecule has 0 amide bonds. The van der Waals surface area contributed by atoms with Gasteiger partial charge in [0.25, 0.3) is 0 Å². The summed E-state index contributed by atoms with van der Waals surface area (Å²) in [7, 11) is 0. The number of halogens is 3. The molecule has 0 saturated heterocycles. The highest BCUT2D eigenvalue weighted by atomic mass is 79.9. The fourth-order valence-corrected chi connectivity index (χ4v) is 4.05. The van der Waals surface area contributed by atoms with Crippen molar-refractivity contribution in [3.63, 3.8) is 0 Å². The van der Waals surface area contributed by atoms with Gasteiger partial charge in [-0.15, -0.1) is 0 Å². The summed E-state index contributed by atoms with van der Waals surface area (Å²) in [4.78, 5) is 0. The maximum atomic E-state index is 13.9. The van der Waals surface area contributed by atoms with Gasteiger partial charge in [-0.3, -0.25) is 0 Å². The van der Waals surface area contributed by atoms with Crippen LogP contribution in [0.2, 0.25) is 0 Å². The zero-order valence-electron chi connectivity index (χ0n) is 15.0. The number of hydrogen-bond donors (Lipinski definition) is 0. The molecule has 0 aliphatic rings. The van der Waals surface area contributed by atoms with E-state index in [9.17, 15) is 9.65 Å². The van der Waals surface area contributed by atoms with Crippen molar-refractivity contribution in [3.8, 4) is 11.8 Å². The van der Waals surface area contributed by atoms with Crippen molar-refractivity contribution in [1.82, 2.24) is 0 Å². The van der Waals surface area contributed by atoms with E-state index in [0.717, 1.165) is 21.2 Å². The number of rotatable bonds is 5. The third kappa shape index (κ3) is 4.89. The first-order valence-corrected chi connectivity index (χ1v) is 10.1. The van der Waals surface area contributed by atoms with Crippen molar-refractivity contribution < 1.29 is 9.13 Å². The molecular formula is C23H16Br2FNO. The standard InChI is InChI=1S/C23H16Br2FNO/c1-15-6-8-16(9-7-15)19(13-27)10-18-11-20(24)12-21(25)23(18)28-14-17-4-2-3-5-22(17)26/h2-12H,14H2,1H3/b19-10+. The zero-order chi connectivity index (χ0) is 20.1. The van der Waals surface area contributed by atoms with Gasteiger partial charge >= 0.3 is 0 Å². The molecule has 0 heterocycles. The number of aryl methyl sites for hydroxylation is 1. The molecule has 3 aromatic carbocycles. The molecule has 0 radical (unpaired) electrons. The maximum absolute atomic E-state index is 13.9. The Balaban J connectivity index is 1.99. The van der Waals surface area contributed by atoms with Crippen LogP contribution in [0.15, 0.2) is 69.6 Å². The van der Waals surface area contributed by atoms with Crippen molar-refractivity contribution in [2.45, 2.75) is 13.5 Å². The Kier molecular flexibility index (Phi) is 6.66. The topological polar surface area (TPSA) is 33.0 Å². The smallest absolute Gasteiger partial charge is 0.141 e. The largest absolute Gasteiger partial charge is 0.487 e. The van der Waals surface area contributed by atoms with Crippen LogP contribution in [0.5, 0.6) is 5.75 Å². The van der Waals surface area contributed by atoms with Gasteiger partial charge in [0, 0.05) is 15.6 Å². The fraction of sp³-hybridized carbons (Fsp3) is 0.0870. The highest BCUT2D eigenvalue weighted by molar-refractivity contribution is 9.11. The van der Waals surface area contributed by atoms with E-state index in [-0.39, 0.29) is 12.4 Å². The van der Waals surface area contributed by atoms with Crippen LogP contribution in [-0.4, -0.2) is 0 Å². The second-order valence-corrected chi connectivity index (χ2v) is 7.99. The van der Waals surface area contributed by atoms with Crippen LogP contribution in [0.4, 0.5) is 4.39 Å². The van der Waals surface area contributed by atoms with Gasteiger partial charge in [-0.25, -0.2) is 4.39 Å². The predicted octanol–water partition coefficient (Wildman–Crippen LogP) is 7.30. The molecule has 5 heteroatoms. The van der Waals surface area contributed by atoms with Gasteiger partial charge in [0.15, 0.2) is 0 Å². The molecule has 0 spiro atoms. The molecule has 3 rings (SSSR count). The van der Waals surface area contributed by atoms with Gasteiger partial charge in [0.2, 0.25) is 0 Å². The van der Waals surface area contributed by atoms with E-state index in [1.807, 2.05) is 43.3 Å². The van der Waals surface area contributed by atoms with Crippen molar-refractivity contribution in [2.24, 2.45) is 0 Å². The van der Waals surface area contributed by atoms with Gasteiger partial charge in [0.05, 0.1) is 16.1 Å². The Morgan fingerprint density at radius 1 is 1.11 bits per heavy atom. The van der Waals surface area contributed by atoms with Gasteiger partial charge in [-0.1, -0.05) is 64.0 Å². The molecule has 2 nitrogen and oxygen atoms in total. The molecule has 0 aliphatic heterocycles. The minimum absolute atomic E-state index is 0.0835. The lowest BCUT2D eigenvalue weighted by molar-refractivity contribution is 0.297. The van der Waals surface area contributed by atoms with Crippen LogP contribution in [0.3, 0.4) is 0 Å². The summed E-state index contributed by atoms with van der Waals surface area (Å²) in [5, 5.41) is 9.65. The number of allylic oxidation sites excluding steroid dienone is 1. The normalized spacial score (nSPS) is 11.2. The van der Waals surface area contributed by atoms with Crippen LogP contribution in [0.1, 0.15) is 22.3 Å². The molecular weight excluding hydrogens is 485 g/mol. The van der Waals surface area contributed by atoms with Crippen molar-refractivity contribution in [3.05, 3.63) is 97.7 Å². The first kappa shape index (κ1) is 20.3.